The number of esters is 1. The molecule has 25 heavy (non-hydrogen) atoms. The lowest BCUT2D eigenvalue weighted by Gasteiger charge is -2.11. The van der Waals surface area contributed by atoms with E-state index in [9.17, 15) is 4.79 Å². The van der Waals surface area contributed by atoms with Gasteiger partial charge in [0.15, 0.2) is 5.70 Å². The molecule has 0 N–H and O–H groups in total. The number of carbonyl (C=O) groups excluding carboxylic acids is 1. The fourth-order valence-electron chi connectivity index (χ4n) is 2.43. The van der Waals surface area contributed by atoms with Gasteiger partial charge in [-0.3, -0.25) is 0 Å². The number of hydrogen-bond donors (Lipinski definition) is 0. The standard InChI is InChI=1S/C20H17N3O2/c1-23(2)17-9-7-14(8-10-17)11-18-20(24)25-19(22-18)12-15-3-5-16(13-21)6-4-15/h3-11H,12H2,1-2H3/b18-11+. The minimum absolute atomic E-state index is 0.293. The highest BCUT2D eigenvalue weighted by molar-refractivity contribution is 6.07. The Morgan fingerprint density at radius 1 is 1.12 bits per heavy atom. The van der Waals surface area contributed by atoms with E-state index in [2.05, 4.69) is 11.1 Å². The molecule has 5 nitrogen and oxygen atoms in total. The summed E-state index contributed by atoms with van der Waals surface area (Å²) in [6, 6.07) is 17.0. The molecule has 0 fully saturated rings. The van der Waals surface area contributed by atoms with Gasteiger partial charge in [0, 0.05) is 26.2 Å². The monoisotopic (exact) mass is 331 g/mol. The van der Waals surface area contributed by atoms with Gasteiger partial charge in [-0.05, 0) is 41.5 Å². The molecule has 5 heteroatoms. The van der Waals surface area contributed by atoms with Gasteiger partial charge in [-0.15, -0.1) is 0 Å². The fraction of sp³-hybridized carbons (Fsp3) is 0.150. The van der Waals surface area contributed by atoms with Crippen molar-refractivity contribution in [3.63, 3.8) is 0 Å². The molecule has 0 amide bonds. The van der Waals surface area contributed by atoms with Crippen molar-refractivity contribution >= 4 is 23.6 Å². The van der Waals surface area contributed by atoms with Gasteiger partial charge < -0.3 is 9.64 Å². The van der Waals surface area contributed by atoms with Gasteiger partial charge in [0.1, 0.15) is 0 Å². The Balaban J connectivity index is 1.76. The predicted molar refractivity (Wildman–Crippen MR) is 97.1 cm³/mol. The van der Waals surface area contributed by atoms with Crippen molar-refractivity contribution in [2.45, 2.75) is 6.42 Å². The molecule has 0 bridgehead atoms. The normalized spacial score (nSPS) is 14.8. The van der Waals surface area contributed by atoms with Gasteiger partial charge in [-0.1, -0.05) is 24.3 Å². The lowest BCUT2D eigenvalue weighted by molar-refractivity contribution is -0.130. The van der Waals surface area contributed by atoms with E-state index in [1.54, 1.807) is 18.2 Å². The molecule has 2 aromatic rings. The van der Waals surface area contributed by atoms with Crippen LogP contribution in [0.2, 0.25) is 0 Å². The van der Waals surface area contributed by atoms with Gasteiger partial charge in [0.2, 0.25) is 5.90 Å². The van der Waals surface area contributed by atoms with Crippen LogP contribution in [-0.4, -0.2) is 26.0 Å². The molecule has 0 saturated heterocycles. The van der Waals surface area contributed by atoms with E-state index in [4.69, 9.17) is 10.00 Å². The summed E-state index contributed by atoms with van der Waals surface area (Å²) in [6.07, 6.45) is 2.13. The number of nitriles is 1. The number of hydrogen-bond acceptors (Lipinski definition) is 5. The number of rotatable bonds is 4. The smallest absolute Gasteiger partial charge is 0.363 e. The molecular formula is C20H17N3O2. The van der Waals surface area contributed by atoms with Gasteiger partial charge in [-0.2, -0.15) is 5.26 Å². The molecule has 1 aliphatic rings. The van der Waals surface area contributed by atoms with Crippen LogP contribution < -0.4 is 4.90 Å². The zero-order chi connectivity index (χ0) is 17.8. The SMILES string of the molecule is CN(C)c1ccc(/C=C2/N=C(Cc3ccc(C#N)cc3)OC2=O)cc1. The van der Waals surface area contributed by atoms with Crippen LogP contribution in [0, 0.1) is 11.3 Å². The van der Waals surface area contributed by atoms with Crippen molar-refractivity contribution < 1.29 is 9.53 Å². The zero-order valence-corrected chi connectivity index (χ0v) is 14.1. The van der Waals surface area contributed by atoms with Gasteiger partial charge >= 0.3 is 5.97 Å². The predicted octanol–water partition coefficient (Wildman–Crippen LogP) is 3.16. The number of aliphatic imine (C=N–C) groups is 1. The van der Waals surface area contributed by atoms with Crippen LogP contribution >= 0.6 is 0 Å². The van der Waals surface area contributed by atoms with Crippen LogP contribution in [-0.2, 0) is 16.0 Å². The summed E-state index contributed by atoms with van der Waals surface area (Å²) in [4.78, 5) is 18.3. The van der Waals surface area contributed by atoms with Crippen LogP contribution in [0.15, 0.2) is 59.2 Å². The Morgan fingerprint density at radius 2 is 1.80 bits per heavy atom. The van der Waals surface area contributed by atoms with E-state index in [0.29, 0.717) is 23.6 Å². The molecule has 0 aliphatic carbocycles. The summed E-state index contributed by atoms with van der Waals surface area (Å²) >= 11 is 0. The second-order valence-electron chi connectivity index (χ2n) is 5.90. The largest absolute Gasteiger partial charge is 0.406 e. The van der Waals surface area contributed by atoms with Gasteiger partial charge in [0.05, 0.1) is 11.6 Å². The van der Waals surface area contributed by atoms with Crippen molar-refractivity contribution in [1.82, 2.24) is 0 Å². The summed E-state index contributed by atoms with van der Waals surface area (Å²) in [5, 5.41) is 8.82. The van der Waals surface area contributed by atoms with Crippen molar-refractivity contribution in [3.8, 4) is 6.07 Å². The van der Waals surface area contributed by atoms with Crippen LogP contribution in [0.5, 0.6) is 0 Å². The third kappa shape index (κ3) is 3.93. The molecule has 0 atom stereocenters. The Labute approximate surface area is 146 Å². The summed E-state index contributed by atoms with van der Waals surface area (Å²) in [6.45, 7) is 0. The number of cyclic esters (lactones) is 1. The van der Waals surface area contributed by atoms with E-state index in [0.717, 1.165) is 16.8 Å². The van der Waals surface area contributed by atoms with E-state index in [1.807, 2.05) is 55.4 Å². The van der Waals surface area contributed by atoms with Crippen LogP contribution in [0.4, 0.5) is 5.69 Å². The van der Waals surface area contributed by atoms with Crippen molar-refractivity contribution in [2.75, 3.05) is 19.0 Å². The average molecular weight is 331 g/mol. The number of carbonyl (C=O) groups is 1. The maximum atomic E-state index is 12.0. The fourth-order valence-corrected chi connectivity index (χ4v) is 2.43. The molecular weight excluding hydrogens is 314 g/mol. The first-order chi connectivity index (χ1) is 12.0. The Kier molecular flexibility index (Phi) is 4.62. The van der Waals surface area contributed by atoms with Gasteiger partial charge in [0.25, 0.3) is 0 Å². The molecule has 1 heterocycles. The number of benzene rings is 2. The molecule has 2 aromatic carbocycles. The average Bonchev–Trinajstić information content (AvgIpc) is 2.95. The summed E-state index contributed by atoms with van der Waals surface area (Å²) in [5.41, 5.74) is 3.79. The first-order valence-electron chi connectivity index (χ1n) is 7.83. The van der Waals surface area contributed by atoms with Gasteiger partial charge in [-0.25, -0.2) is 9.79 Å². The number of nitrogens with zero attached hydrogens (tertiary/aromatic N) is 3. The van der Waals surface area contributed by atoms with Crippen molar-refractivity contribution in [3.05, 3.63) is 70.9 Å². The third-order valence-electron chi connectivity index (χ3n) is 3.82. The molecule has 124 valence electrons. The van der Waals surface area contributed by atoms with Crippen LogP contribution in [0.1, 0.15) is 16.7 Å². The minimum Gasteiger partial charge on any atom is -0.406 e. The van der Waals surface area contributed by atoms with Crippen molar-refractivity contribution in [1.29, 1.82) is 5.26 Å². The maximum Gasteiger partial charge on any atom is 0.363 e. The topological polar surface area (TPSA) is 65.7 Å². The second-order valence-corrected chi connectivity index (χ2v) is 5.90. The molecule has 3 rings (SSSR count). The molecule has 0 saturated carbocycles. The summed E-state index contributed by atoms with van der Waals surface area (Å²) in [5.74, 6) is -0.0776. The zero-order valence-electron chi connectivity index (χ0n) is 14.1. The molecule has 0 radical (unpaired) electrons. The van der Waals surface area contributed by atoms with Crippen LogP contribution in [0.25, 0.3) is 6.08 Å². The molecule has 1 aliphatic heterocycles. The Hall–Kier alpha value is -3.39. The van der Waals surface area contributed by atoms with Crippen LogP contribution in [0.3, 0.4) is 0 Å². The second kappa shape index (κ2) is 7.02. The lowest BCUT2D eigenvalue weighted by Crippen LogP contribution is -2.08. The van der Waals surface area contributed by atoms with E-state index >= 15 is 0 Å². The molecule has 0 spiro atoms. The number of ether oxygens (including phenoxy) is 1. The first-order valence-corrected chi connectivity index (χ1v) is 7.83. The van der Waals surface area contributed by atoms with E-state index < -0.39 is 5.97 Å². The highest BCUT2D eigenvalue weighted by Gasteiger charge is 2.22. The summed E-state index contributed by atoms with van der Waals surface area (Å²) in [7, 11) is 3.95. The third-order valence-corrected chi connectivity index (χ3v) is 3.82. The van der Waals surface area contributed by atoms with E-state index in [-0.39, 0.29) is 0 Å². The molecule has 0 aromatic heterocycles. The highest BCUT2D eigenvalue weighted by atomic mass is 16.6. The quantitative estimate of drug-likeness (QED) is 0.637. The highest BCUT2D eigenvalue weighted by Crippen LogP contribution is 2.19. The lowest BCUT2D eigenvalue weighted by atomic mass is 10.1. The number of anilines is 1. The Bertz CT molecular complexity index is 886. The van der Waals surface area contributed by atoms with E-state index in [1.165, 1.54) is 0 Å². The summed E-state index contributed by atoms with van der Waals surface area (Å²) < 4.78 is 5.24. The first kappa shape index (κ1) is 16.5. The molecule has 0 unspecified atom stereocenters. The van der Waals surface area contributed by atoms with Crippen molar-refractivity contribution in [2.24, 2.45) is 4.99 Å². The Morgan fingerprint density at radius 3 is 2.40 bits per heavy atom. The minimum atomic E-state index is -0.444. The maximum absolute atomic E-state index is 12.0.